The van der Waals surface area contributed by atoms with Crippen LogP contribution >= 0.6 is 0 Å². The zero-order valence-corrected chi connectivity index (χ0v) is 9.76. The van der Waals surface area contributed by atoms with Crippen molar-refractivity contribution in [3.05, 3.63) is 0 Å². The summed E-state index contributed by atoms with van der Waals surface area (Å²) >= 11 is 0. The third kappa shape index (κ3) is 2.50. The molecule has 0 aromatic carbocycles. The molecular formula is C13H25N. The number of rotatable bonds is 4. The molecule has 0 radical (unpaired) electrons. The summed E-state index contributed by atoms with van der Waals surface area (Å²) in [5.74, 6) is 4.24. The standard InChI is InChI=1S/C13H25N/c1-3-14-9-12-8-13(12)11-6-4-10(2)5-7-11/h10-14H,3-9H2,1-2H3. The molecule has 1 heteroatoms. The Morgan fingerprint density at radius 3 is 2.50 bits per heavy atom. The van der Waals surface area contributed by atoms with Gasteiger partial charge in [0.15, 0.2) is 0 Å². The van der Waals surface area contributed by atoms with E-state index in [1.807, 2.05) is 0 Å². The molecule has 1 nitrogen and oxygen atoms in total. The molecule has 2 rings (SSSR count). The van der Waals surface area contributed by atoms with Gasteiger partial charge in [0.05, 0.1) is 0 Å². The lowest BCUT2D eigenvalue weighted by Gasteiger charge is -2.26. The van der Waals surface area contributed by atoms with Gasteiger partial charge in [-0.1, -0.05) is 26.7 Å². The van der Waals surface area contributed by atoms with Crippen molar-refractivity contribution in [2.75, 3.05) is 13.1 Å². The number of nitrogens with one attached hydrogen (secondary N) is 1. The van der Waals surface area contributed by atoms with Gasteiger partial charge in [0, 0.05) is 0 Å². The highest BCUT2D eigenvalue weighted by atomic mass is 14.9. The molecule has 2 atom stereocenters. The van der Waals surface area contributed by atoms with E-state index in [4.69, 9.17) is 0 Å². The van der Waals surface area contributed by atoms with Crippen molar-refractivity contribution in [2.24, 2.45) is 23.7 Å². The predicted molar refractivity (Wildman–Crippen MR) is 61.3 cm³/mol. The lowest BCUT2D eigenvalue weighted by molar-refractivity contribution is 0.256. The molecule has 82 valence electrons. The summed E-state index contributed by atoms with van der Waals surface area (Å²) in [6.07, 6.45) is 7.55. The zero-order chi connectivity index (χ0) is 9.97. The third-order valence-electron chi connectivity index (χ3n) is 4.30. The van der Waals surface area contributed by atoms with Gasteiger partial charge >= 0.3 is 0 Å². The fraction of sp³-hybridized carbons (Fsp3) is 1.00. The summed E-state index contributed by atoms with van der Waals surface area (Å²) in [6.45, 7) is 7.05. The van der Waals surface area contributed by atoms with Crippen LogP contribution in [0.25, 0.3) is 0 Å². The summed E-state index contributed by atoms with van der Waals surface area (Å²) < 4.78 is 0. The van der Waals surface area contributed by atoms with Crippen LogP contribution < -0.4 is 5.32 Å². The Hall–Kier alpha value is -0.0400. The Morgan fingerprint density at radius 1 is 1.14 bits per heavy atom. The maximum absolute atomic E-state index is 3.49. The average Bonchev–Trinajstić information content (AvgIpc) is 2.95. The summed E-state index contributed by atoms with van der Waals surface area (Å²) in [5.41, 5.74) is 0. The van der Waals surface area contributed by atoms with E-state index in [0.29, 0.717) is 0 Å². The third-order valence-corrected chi connectivity index (χ3v) is 4.30. The van der Waals surface area contributed by atoms with Gasteiger partial charge in [0.25, 0.3) is 0 Å². The molecule has 0 saturated heterocycles. The first kappa shape index (κ1) is 10.5. The van der Waals surface area contributed by atoms with Crippen LogP contribution in [0.1, 0.15) is 46.0 Å². The van der Waals surface area contributed by atoms with Crippen LogP contribution in [-0.2, 0) is 0 Å². The monoisotopic (exact) mass is 195 g/mol. The smallest absolute Gasteiger partial charge is 0.00178 e. The van der Waals surface area contributed by atoms with Crippen molar-refractivity contribution in [1.82, 2.24) is 5.32 Å². The van der Waals surface area contributed by atoms with Crippen LogP contribution in [0.4, 0.5) is 0 Å². The van der Waals surface area contributed by atoms with Crippen LogP contribution in [0.5, 0.6) is 0 Å². The summed E-state index contributed by atoms with van der Waals surface area (Å²) in [7, 11) is 0. The van der Waals surface area contributed by atoms with Gasteiger partial charge in [0.1, 0.15) is 0 Å². The molecule has 2 aliphatic carbocycles. The maximum atomic E-state index is 3.49. The molecule has 1 N–H and O–H groups in total. The Balaban J connectivity index is 1.66. The Labute approximate surface area is 88.7 Å². The summed E-state index contributed by atoms with van der Waals surface area (Å²) in [6, 6.07) is 0. The van der Waals surface area contributed by atoms with E-state index in [2.05, 4.69) is 19.2 Å². The minimum Gasteiger partial charge on any atom is -0.317 e. The highest BCUT2D eigenvalue weighted by molar-refractivity contribution is 4.93. The Kier molecular flexibility index (Phi) is 3.48. The van der Waals surface area contributed by atoms with Gasteiger partial charge in [-0.2, -0.15) is 0 Å². The van der Waals surface area contributed by atoms with Crippen molar-refractivity contribution in [3.63, 3.8) is 0 Å². The molecule has 0 amide bonds. The Morgan fingerprint density at radius 2 is 1.86 bits per heavy atom. The fourth-order valence-corrected chi connectivity index (χ4v) is 3.13. The summed E-state index contributed by atoms with van der Waals surface area (Å²) in [5, 5.41) is 3.49. The van der Waals surface area contributed by atoms with E-state index in [0.717, 1.165) is 30.2 Å². The molecule has 2 unspecified atom stereocenters. The van der Waals surface area contributed by atoms with E-state index < -0.39 is 0 Å². The first-order valence-corrected chi connectivity index (χ1v) is 6.52. The lowest BCUT2D eigenvalue weighted by atomic mass is 9.80. The largest absolute Gasteiger partial charge is 0.317 e. The van der Waals surface area contributed by atoms with Crippen LogP contribution in [0.15, 0.2) is 0 Å². The minimum atomic E-state index is 1.01. The van der Waals surface area contributed by atoms with E-state index in [9.17, 15) is 0 Å². The van der Waals surface area contributed by atoms with Crippen LogP contribution in [0, 0.1) is 23.7 Å². The van der Waals surface area contributed by atoms with Gasteiger partial charge in [-0.15, -0.1) is 0 Å². The van der Waals surface area contributed by atoms with E-state index in [1.54, 1.807) is 0 Å². The normalized spacial score (nSPS) is 42.4. The molecule has 0 aliphatic heterocycles. The van der Waals surface area contributed by atoms with E-state index >= 15 is 0 Å². The van der Waals surface area contributed by atoms with Crippen molar-refractivity contribution < 1.29 is 0 Å². The first-order chi connectivity index (χ1) is 6.81. The van der Waals surface area contributed by atoms with Crippen molar-refractivity contribution in [1.29, 1.82) is 0 Å². The first-order valence-electron chi connectivity index (χ1n) is 6.52. The molecule has 2 fully saturated rings. The second kappa shape index (κ2) is 4.65. The minimum absolute atomic E-state index is 1.01. The average molecular weight is 195 g/mol. The maximum Gasteiger partial charge on any atom is -0.00178 e. The van der Waals surface area contributed by atoms with E-state index in [-0.39, 0.29) is 0 Å². The second-order valence-electron chi connectivity index (χ2n) is 5.49. The molecule has 0 heterocycles. The van der Waals surface area contributed by atoms with E-state index in [1.165, 1.54) is 38.6 Å². The molecule has 0 spiro atoms. The van der Waals surface area contributed by atoms with Gasteiger partial charge in [-0.3, -0.25) is 0 Å². The van der Waals surface area contributed by atoms with Crippen LogP contribution in [0.3, 0.4) is 0 Å². The molecule has 0 aromatic heterocycles. The zero-order valence-electron chi connectivity index (χ0n) is 9.76. The number of hydrogen-bond acceptors (Lipinski definition) is 1. The highest BCUT2D eigenvalue weighted by Crippen LogP contribution is 2.49. The Bertz CT molecular complexity index is 170. The predicted octanol–water partition coefficient (Wildman–Crippen LogP) is 3.06. The highest BCUT2D eigenvalue weighted by Gasteiger charge is 2.42. The van der Waals surface area contributed by atoms with Crippen LogP contribution in [0.2, 0.25) is 0 Å². The van der Waals surface area contributed by atoms with Gasteiger partial charge in [0.2, 0.25) is 0 Å². The molecule has 14 heavy (non-hydrogen) atoms. The fourth-order valence-electron chi connectivity index (χ4n) is 3.13. The molecular weight excluding hydrogens is 170 g/mol. The van der Waals surface area contributed by atoms with Gasteiger partial charge in [-0.25, -0.2) is 0 Å². The summed E-state index contributed by atoms with van der Waals surface area (Å²) in [4.78, 5) is 0. The van der Waals surface area contributed by atoms with Crippen molar-refractivity contribution in [2.45, 2.75) is 46.0 Å². The molecule has 2 aliphatic rings. The van der Waals surface area contributed by atoms with Crippen LogP contribution in [-0.4, -0.2) is 13.1 Å². The second-order valence-corrected chi connectivity index (χ2v) is 5.49. The lowest BCUT2D eigenvalue weighted by Crippen LogP contribution is -2.19. The molecule has 2 saturated carbocycles. The number of hydrogen-bond donors (Lipinski definition) is 1. The van der Waals surface area contributed by atoms with Gasteiger partial charge in [-0.05, 0) is 56.0 Å². The van der Waals surface area contributed by atoms with Crippen molar-refractivity contribution in [3.8, 4) is 0 Å². The molecule has 0 aromatic rings. The molecule has 0 bridgehead atoms. The SMILES string of the molecule is CCNCC1CC1C1CCC(C)CC1. The van der Waals surface area contributed by atoms with Crippen molar-refractivity contribution >= 4 is 0 Å². The van der Waals surface area contributed by atoms with Gasteiger partial charge < -0.3 is 5.32 Å². The quantitative estimate of drug-likeness (QED) is 0.727. The topological polar surface area (TPSA) is 12.0 Å².